The lowest BCUT2D eigenvalue weighted by Gasteiger charge is -2.13. The van der Waals surface area contributed by atoms with Gasteiger partial charge in [0, 0.05) is 23.1 Å². The molecule has 3 rings (SSSR count). The summed E-state index contributed by atoms with van der Waals surface area (Å²) in [6.45, 7) is 8.35. The van der Waals surface area contributed by atoms with Gasteiger partial charge >= 0.3 is 0 Å². The monoisotopic (exact) mass is 420 g/mol. The quantitative estimate of drug-likeness (QED) is 0.417. The lowest BCUT2D eigenvalue weighted by molar-refractivity contribution is -0.111. The minimum Gasteiger partial charge on any atom is -0.490 e. The highest BCUT2D eigenvalue weighted by atomic mass is 16.5. The fourth-order valence-corrected chi connectivity index (χ4v) is 2.67. The molecule has 0 atom stereocenters. The van der Waals surface area contributed by atoms with Crippen molar-refractivity contribution in [1.82, 2.24) is 15.0 Å². The van der Waals surface area contributed by atoms with Crippen molar-refractivity contribution in [2.24, 2.45) is 0 Å². The van der Waals surface area contributed by atoms with Crippen LogP contribution in [0.4, 0.5) is 29.0 Å². The smallest absolute Gasteiger partial charge is 0.247 e. The van der Waals surface area contributed by atoms with Crippen molar-refractivity contribution in [3.63, 3.8) is 0 Å². The first-order valence-electron chi connectivity index (χ1n) is 9.77. The number of aromatic nitrogens is 3. The zero-order valence-electron chi connectivity index (χ0n) is 17.4. The summed E-state index contributed by atoms with van der Waals surface area (Å²) in [7, 11) is 0. The van der Waals surface area contributed by atoms with Crippen molar-refractivity contribution in [3.05, 3.63) is 61.4 Å². The SMILES string of the molecule is C=CC(=O)Nc1cccc(Nc2ncnc(Nc3ccc(OCC)c(OCC)c3)n2)c1. The van der Waals surface area contributed by atoms with Crippen LogP contribution >= 0.6 is 0 Å². The van der Waals surface area contributed by atoms with E-state index in [1.54, 1.807) is 18.2 Å². The van der Waals surface area contributed by atoms with Gasteiger partial charge in [-0.05, 0) is 50.3 Å². The molecule has 0 unspecified atom stereocenters. The maximum absolute atomic E-state index is 11.5. The van der Waals surface area contributed by atoms with Gasteiger partial charge in [0.2, 0.25) is 17.8 Å². The van der Waals surface area contributed by atoms with Crippen LogP contribution in [0, 0.1) is 0 Å². The first-order valence-corrected chi connectivity index (χ1v) is 9.77. The van der Waals surface area contributed by atoms with E-state index in [4.69, 9.17) is 9.47 Å². The summed E-state index contributed by atoms with van der Waals surface area (Å²) < 4.78 is 11.2. The number of hydrogen-bond acceptors (Lipinski definition) is 8. The third-order valence-corrected chi connectivity index (χ3v) is 3.94. The largest absolute Gasteiger partial charge is 0.490 e. The number of nitrogens with zero attached hydrogens (tertiary/aromatic N) is 3. The number of amides is 1. The lowest BCUT2D eigenvalue weighted by Crippen LogP contribution is -2.07. The second kappa shape index (κ2) is 10.6. The van der Waals surface area contributed by atoms with Crippen molar-refractivity contribution in [2.75, 3.05) is 29.2 Å². The molecule has 0 bridgehead atoms. The lowest BCUT2D eigenvalue weighted by atomic mass is 10.2. The topological polar surface area (TPSA) is 110 Å². The van der Waals surface area contributed by atoms with E-state index in [2.05, 4.69) is 37.5 Å². The van der Waals surface area contributed by atoms with E-state index in [-0.39, 0.29) is 5.91 Å². The molecule has 9 nitrogen and oxygen atoms in total. The first-order chi connectivity index (χ1) is 15.1. The standard InChI is InChI=1S/C22H24N6O3/c1-4-20(29)25-15-8-7-9-16(12-15)26-21-23-14-24-22(28-21)27-17-10-11-18(30-5-2)19(13-17)31-6-3/h4,7-14H,1,5-6H2,2-3H3,(H,25,29)(H2,23,24,26,27,28). The zero-order chi connectivity index (χ0) is 22.1. The fourth-order valence-electron chi connectivity index (χ4n) is 2.67. The minimum atomic E-state index is -0.287. The van der Waals surface area contributed by atoms with Crippen LogP contribution in [0.2, 0.25) is 0 Å². The number of rotatable bonds is 10. The van der Waals surface area contributed by atoms with E-state index in [1.807, 2.05) is 38.1 Å². The molecule has 1 amide bonds. The maximum Gasteiger partial charge on any atom is 0.247 e. The molecule has 0 fully saturated rings. The van der Waals surface area contributed by atoms with Crippen molar-refractivity contribution in [2.45, 2.75) is 13.8 Å². The summed E-state index contributed by atoms with van der Waals surface area (Å²) in [5.41, 5.74) is 2.08. The van der Waals surface area contributed by atoms with Gasteiger partial charge in [-0.15, -0.1) is 0 Å². The Bertz CT molecular complexity index is 1060. The number of benzene rings is 2. The molecular formula is C22H24N6O3. The van der Waals surface area contributed by atoms with Crippen LogP contribution < -0.4 is 25.4 Å². The molecule has 0 saturated carbocycles. The summed E-state index contributed by atoms with van der Waals surface area (Å²) in [5.74, 6) is 1.74. The average molecular weight is 420 g/mol. The Morgan fingerprint density at radius 3 is 2.26 bits per heavy atom. The number of ether oxygens (including phenoxy) is 2. The molecule has 3 aromatic rings. The van der Waals surface area contributed by atoms with Crippen molar-refractivity contribution in [1.29, 1.82) is 0 Å². The predicted octanol–water partition coefficient (Wildman–Crippen LogP) is 4.28. The molecule has 0 saturated heterocycles. The summed E-state index contributed by atoms with van der Waals surface area (Å²) in [5, 5.41) is 8.94. The Labute approximate surface area is 180 Å². The Hall–Kier alpha value is -4.14. The molecule has 0 aliphatic rings. The van der Waals surface area contributed by atoms with Gasteiger partial charge in [-0.3, -0.25) is 4.79 Å². The maximum atomic E-state index is 11.5. The summed E-state index contributed by atoms with van der Waals surface area (Å²) in [4.78, 5) is 24.2. The van der Waals surface area contributed by atoms with Gasteiger partial charge in [0.05, 0.1) is 13.2 Å². The van der Waals surface area contributed by atoms with E-state index in [0.717, 1.165) is 5.69 Å². The number of hydrogen-bond donors (Lipinski definition) is 3. The first kappa shape index (κ1) is 21.6. The highest BCUT2D eigenvalue weighted by Gasteiger charge is 2.08. The van der Waals surface area contributed by atoms with Crippen molar-refractivity contribution < 1.29 is 14.3 Å². The normalized spacial score (nSPS) is 10.1. The zero-order valence-corrected chi connectivity index (χ0v) is 17.4. The molecule has 9 heteroatoms. The van der Waals surface area contributed by atoms with E-state index in [9.17, 15) is 4.79 Å². The molecule has 0 aliphatic heterocycles. The van der Waals surface area contributed by atoms with E-state index in [0.29, 0.717) is 48.0 Å². The third-order valence-electron chi connectivity index (χ3n) is 3.94. The number of carbonyl (C=O) groups excluding carboxylic acids is 1. The summed E-state index contributed by atoms with van der Waals surface area (Å²) in [6, 6.07) is 12.7. The van der Waals surface area contributed by atoms with E-state index in [1.165, 1.54) is 12.4 Å². The van der Waals surface area contributed by atoms with E-state index >= 15 is 0 Å². The van der Waals surface area contributed by atoms with Crippen LogP contribution in [0.25, 0.3) is 0 Å². The van der Waals surface area contributed by atoms with Crippen LogP contribution in [0.1, 0.15) is 13.8 Å². The highest BCUT2D eigenvalue weighted by Crippen LogP contribution is 2.31. The van der Waals surface area contributed by atoms with Crippen LogP contribution in [0.5, 0.6) is 11.5 Å². The molecule has 2 aromatic carbocycles. The fraction of sp³-hybridized carbons (Fsp3) is 0.182. The second-order valence-electron chi connectivity index (χ2n) is 6.18. The Balaban J connectivity index is 1.74. The molecule has 0 spiro atoms. The third kappa shape index (κ3) is 6.17. The average Bonchev–Trinajstić information content (AvgIpc) is 2.76. The van der Waals surface area contributed by atoms with Gasteiger partial charge in [0.1, 0.15) is 6.33 Å². The van der Waals surface area contributed by atoms with Gasteiger partial charge in [-0.25, -0.2) is 9.97 Å². The molecule has 0 radical (unpaired) electrons. The summed E-state index contributed by atoms with van der Waals surface area (Å²) in [6.07, 6.45) is 2.61. The molecular weight excluding hydrogens is 396 g/mol. The predicted molar refractivity (Wildman–Crippen MR) is 120 cm³/mol. The number of nitrogens with one attached hydrogen (secondary N) is 3. The van der Waals surface area contributed by atoms with Crippen LogP contribution in [-0.4, -0.2) is 34.1 Å². The van der Waals surface area contributed by atoms with Gasteiger partial charge in [0.25, 0.3) is 0 Å². The molecule has 31 heavy (non-hydrogen) atoms. The highest BCUT2D eigenvalue weighted by molar-refractivity contribution is 5.99. The summed E-state index contributed by atoms with van der Waals surface area (Å²) >= 11 is 0. The van der Waals surface area contributed by atoms with Crippen molar-refractivity contribution in [3.8, 4) is 11.5 Å². The van der Waals surface area contributed by atoms with Crippen LogP contribution in [-0.2, 0) is 4.79 Å². The molecule has 0 aliphatic carbocycles. The van der Waals surface area contributed by atoms with Crippen LogP contribution in [0.3, 0.4) is 0 Å². The molecule has 1 aromatic heterocycles. The Kier molecular flexibility index (Phi) is 7.36. The van der Waals surface area contributed by atoms with Gasteiger partial charge < -0.3 is 25.4 Å². The number of anilines is 5. The van der Waals surface area contributed by atoms with Crippen molar-refractivity contribution >= 4 is 34.9 Å². The second-order valence-corrected chi connectivity index (χ2v) is 6.18. The minimum absolute atomic E-state index is 0.287. The Morgan fingerprint density at radius 1 is 0.935 bits per heavy atom. The van der Waals surface area contributed by atoms with Gasteiger partial charge in [-0.1, -0.05) is 12.6 Å². The van der Waals surface area contributed by atoms with Gasteiger partial charge in [-0.2, -0.15) is 4.98 Å². The van der Waals surface area contributed by atoms with Crippen LogP contribution in [0.15, 0.2) is 61.4 Å². The van der Waals surface area contributed by atoms with E-state index < -0.39 is 0 Å². The number of carbonyl (C=O) groups is 1. The molecule has 160 valence electrons. The van der Waals surface area contributed by atoms with Gasteiger partial charge in [0.15, 0.2) is 11.5 Å². The Morgan fingerprint density at radius 2 is 1.58 bits per heavy atom. The molecule has 1 heterocycles. The molecule has 3 N–H and O–H groups in total.